The first-order chi connectivity index (χ1) is 10.7. The van der Waals surface area contributed by atoms with Crippen LogP contribution in [0.1, 0.15) is 54.8 Å². The number of furan rings is 1. The highest BCUT2D eigenvalue weighted by atomic mass is 16.3. The van der Waals surface area contributed by atoms with Crippen LogP contribution in [0, 0.1) is 0 Å². The number of nitrogens with one attached hydrogen (secondary N) is 1. The van der Waals surface area contributed by atoms with Crippen molar-refractivity contribution in [3.05, 3.63) is 59.5 Å². The summed E-state index contributed by atoms with van der Waals surface area (Å²) in [5, 5.41) is 4.11. The predicted octanol–water partition coefficient (Wildman–Crippen LogP) is 4.17. The number of benzene rings is 1. The van der Waals surface area contributed by atoms with Gasteiger partial charge in [0, 0.05) is 0 Å². The van der Waals surface area contributed by atoms with Crippen LogP contribution >= 0.6 is 0 Å². The fraction of sp³-hybridized carbons (Fsp3) is 0.333. The van der Waals surface area contributed by atoms with Gasteiger partial charge in [-0.2, -0.15) is 5.10 Å². The van der Waals surface area contributed by atoms with E-state index in [2.05, 4.69) is 29.6 Å². The molecule has 0 radical (unpaired) electrons. The first-order valence-electron chi connectivity index (χ1n) is 7.68. The van der Waals surface area contributed by atoms with Crippen LogP contribution in [-0.2, 0) is 6.42 Å². The van der Waals surface area contributed by atoms with Gasteiger partial charge in [-0.1, -0.05) is 44.0 Å². The summed E-state index contributed by atoms with van der Waals surface area (Å²) in [7, 11) is 0. The molecule has 1 N–H and O–H groups in total. The van der Waals surface area contributed by atoms with Crippen LogP contribution in [0.4, 0.5) is 0 Å². The fourth-order valence-corrected chi connectivity index (χ4v) is 2.15. The molecule has 4 heteroatoms. The van der Waals surface area contributed by atoms with Gasteiger partial charge in [0.05, 0.1) is 12.0 Å². The molecule has 0 aliphatic carbocycles. The fourth-order valence-electron chi connectivity index (χ4n) is 2.15. The lowest BCUT2D eigenvalue weighted by Crippen LogP contribution is -2.18. The molecular formula is C18H22N2O2. The summed E-state index contributed by atoms with van der Waals surface area (Å²) in [6.07, 6.45) is 6.30. The van der Waals surface area contributed by atoms with E-state index in [1.807, 2.05) is 19.1 Å². The number of hydrogen-bond donors (Lipinski definition) is 1. The van der Waals surface area contributed by atoms with Gasteiger partial charge in [-0.3, -0.25) is 4.79 Å². The van der Waals surface area contributed by atoms with Crippen LogP contribution < -0.4 is 5.43 Å². The average molecular weight is 298 g/mol. The Morgan fingerprint density at radius 2 is 1.95 bits per heavy atom. The molecule has 0 aliphatic rings. The van der Waals surface area contributed by atoms with Crippen molar-refractivity contribution >= 4 is 11.6 Å². The molecule has 0 fully saturated rings. The lowest BCUT2D eigenvalue weighted by molar-refractivity contribution is 0.0927. The number of hydrazone groups is 1. The van der Waals surface area contributed by atoms with E-state index in [0.717, 1.165) is 17.7 Å². The van der Waals surface area contributed by atoms with Gasteiger partial charge in [0.25, 0.3) is 0 Å². The zero-order valence-corrected chi connectivity index (χ0v) is 13.1. The average Bonchev–Trinajstić information content (AvgIpc) is 3.08. The summed E-state index contributed by atoms with van der Waals surface area (Å²) in [6.45, 7) is 4.08. The van der Waals surface area contributed by atoms with Gasteiger partial charge in [-0.05, 0) is 43.0 Å². The smallest absolute Gasteiger partial charge is 0.307 e. The van der Waals surface area contributed by atoms with Gasteiger partial charge in [-0.25, -0.2) is 5.43 Å². The van der Waals surface area contributed by atoms with Crippen LogP contribution in [0.5, 0.6) is 0 Å². The van der Waals surface area contributed by atoms with Gasteiger partial charge in [0.1, 0.15) is 0 Å². The molecule has 0 atom stereocenters. The van der Waals surface area contributed by atoms with Gasteiger partial charge in [0.15, 0.2) is 5.76 Å². The molecule has 0 aliphatic heterocycles. The SMILES string of the molecule is CCCCCc1ccc(/C(C)=N/NC(=O)c2ccco2)cc1. The second-order valence-corrected chi connectivity index (χ2v) is 5.27. The number of unbranched alkanes of at least 4 members (excludes halogenated alkanes) is 2. The van der Waals surface area contributed by atoms with Gasteiger partial charge in [-0.15, -0.1) is 0 Å². The summed E-state index contributed by atoms with van der Waals surface area (Å²) in [5.41, 5.74) is 5.60. The molecule has 0 spiro atoms. The number of rotatable bonds is 7. The van der Waals surface area contributed by atoms with Crippen LogP contribution in [0.2, 0.25) is 0 Å². The Morgan fingerprint density at radius 3 is 2.59 bits per heavy atom. The number of hydrogen-bond acceptors (Lipinski definition) is 3. The number of carbonyl (C=O) groups is 1. The maximum Gasteiger partial charge on any atom is 0.307 e. The Balaban J connectivity index is 1.92. The van der Waals surface area contributed by atoms with Crippen molar-refractivity contribution in [2.24, 2.45) is 5.10 Å². The quantitative estimate of drug-likeness (QED) is 0.474. The number of amides is 1. The minimum Gasteiger partial charge on any atom is -0.459 e. The molecule has 0 saturated carbocycles. The monoisotopic (exact) mass is 298 g/mol. The van der Waals surface area contributed by atoms with Crippen molar-refractivity contribution in [1.29, 1.82) is 0 Å². The van der Waals surface area contributed by atoms with Gasteiger partial charge >= 0.3 is 5.91 Å². The van der Waals surface area contributed by atoms with E-state index >= 15 is 0 Å². The topological polar surface area (TPSA) is 54.6 Å². The van der Waals surface area contributed by atoms with Gasteiger partial charge in [0.2, 0.25) is 0 Å². The third-order valence-corrected chi connectivity index (χ3v) is 3.51. The normalized spacial score (nSPS) is 11.5. The Hall–Kier alpha value is -2.36. The lowest BCUT2D eigenvalue weighted by atomic mass is 10.0. The van der Waals surface area contributed by atoms with E-state index in [0.29, 0.717) is 0 Å². The molecule has 0 unspecified atom stereocenters. The van der Waals surface area contributed by atoms with Crippen LogP contribution in [0.25, 0.3) is 0 Å². The maximum absolute atomic E-state index is 11.7. The van der Waals surface area contributed by atoms with Crippen LogP contribution in [0.15, 0.2) is 52.2 Å². The number of nitrogens with zero attached hydrogens (tertiary/aromatic N) is 1. The second-order valence-electron chi connectivity index (χ2n) is 5.27. The Morgan fingerprint density at radius 1 is 1.18 bits per heavy atom. The lowest BCUT2D eigenvalue weighted by Gasteiger charge is -2.04. The van der Waals surface area contributed by atoms with Crippen molar-refractivity contribution in [3.63, 3.8) is 0 Å². The first kappa shape index (κ1) is 16.0. The van der Waals surface area contributed by atoms with E-state index in [1.165, 1.54) is 31.1 Å². The van der Waals surface area contributed by atoms with E-state index in [4.69, 9.17) is 4.42 Å². The first-order valence-corrected chi connectivity index (χ1v) is 7.68. The van der Waals surface area contributed by atoms with E-state index < -0.39 is 0 Å². The van der Waals surface area contributed by atoms with E-state index in [9.17, 15) is 4.79 Å². The van der Waals surface area contributed by atoms with Crippen molar-refractivity contribution in [2.75, 3.05) is 0 Å². The Bertz CT molecular complexity index is 613. The van der Waals surface area contributed by atoms with Crippen molar-refractivity contribution in [3.8, 4) is 0 Å². The minimum atomic E-state index is -0.347. The zero-order chi connectivity index (χ0) is 15.8. The second kappa shape index (κ2) is 8.17. The maximum atomic E-state index is 11.7. The summed E-state index contributed by atoms with van der Waals surface area (Å²) >= 11 is 0. The summed E-state index contributed by atoms with van der Waals surface area (Å²) in [6, 6.07) is 11.6. The Labute approximate surface area is 131 Å². The third-order valence-electron chi connectivity index (χ3n) is 3.51. The molecule has 4 nitrogen and oxygen atoms in total. The summed E-state index contributed by atoms with van der Waals surface area (Å²) in [4.78, 5) is 11.7. The van der Waals surface area contributed by atoms with Crippen LogP contribution in [-0.4, -0.2) is 11.6 Å². The molecule has 0 bridgehead atoms. The number of aryl methyl sites for hydroxylation is 1. The summed E-state index contributed by atoms with van der Waals surface area (Å²) in [5.74, 6) is -0.0941. The molecule has 116 valence electrons. The zero-order valence-electron chi connectivity index (χ0n) is 13.1. The standard InChI is InChI=1S/C18H22N2O2/c1-3-4-5-7-15-9-11-16(12-10-15)14(2)19-20-18(21)17-8-6-13-22-17/h6,8-13H,3-5,7H2,1-2H3,(H,20,21)/b19-14+. The summed E-state index contributed by atoms with van der Waals surface area (Å²) < 4.78 is 5.01. The van der Waals surface area contributed by atoms with E-state index in [1.54, 1.807) is 12.1 Å². The minimum absolute atomic E-state index is 0.253. The van der Waals surface area contributed by atoms with Gasteiger partial charge < -0.3 is 4.42 Å². The number of carbonyl (C=O) groups excluding carboxylic acids is 1. The molecule has 1 heterocycles. The van der Waals surface area contributed by atoms with Crippen molar-refractivity contribution < 1.29 is 9.21 Å². The largest absolute Gasteiger partial charge is 0.459 e. The highest BCUT2D eigenvalue weighted by Crippen LogP contribution is 2.10. The van der Waals surface area contributed by atoms with Crippen LogP contribution in [0.3, 0.4) is 0 Å². The highest BCUT2D eigenvalue weighted by Gasteiger charge is 2.07. The molecule has 1 amide bonds. The molecule has 0 saturated heterocycles. The molecular weight excluding hydrogens is 276 g/mol. The predicted molar refractivity (Wildman–Crippen MR) is 88.1 cm³/mol. The van der Waals surface area contributed by atoms with Crippen molar-refractivity contribution in [2.45, 2.75) is 39.5 Å². The molecule has 2 aromatic rings. The molecule has 2 rings (SSSR count). The Kier molecular flexibility index (Phi) is 5.95. The van der Waals surface area contributed by atoms with E-state index in [-0.39, 0.29) is 11.7 Å². The molecule has 1 aromatic heterocycles. The highest BCUT2D eigenvalue weighted by molar-refractivity contribution is 6.00. The molecule has 1 aromatic carbocycles. The van der Waals surface area contributed by atoms with Crippen molar-refractivity contribution in [1.82, 2.24) is 5.43 Å². The third kappa shape index (κ3) is 4.58. The molecule has 22 heavy (non-hydrogen) atoms.